The number of rotatable bonds is 5. The third-order valence-corrected chi connectivity index (χ3v) is 4.08. The topological polar surface area (TPSA) is 54.0 Å². The lowest BCUT2D eigenvalue weighted by Crippen LogP contribution is -2.29. The Morgan fingerprint density at radius 2 is 2.07 bits per heavy atom. The van der Waals surface area contributed by atoms with Crippen LogP contribution in [0.4, 0.5) is 0 Å². The van der Waals surface area contributed by atoms with Crippen LogP contribution in [0.15, 0.2) is 0 Å². The molecule has 14 heavy (non-hydrogen) atoms. The smallest absolute Gasteiger partial charge is 0.330 e. The van der Waals surface area contributed by atoms with Gasteiger partial charge in [-0.1, -0.05) is 0 Å². The van der Waals surface area contributed by atoms with Crippen molar-refractivity contribution in [2.75, 3.05) is 40.2 Å². The zero-order chi connectivity index (χ0) is 10.4. The minimum Gasteiger partial charge on any atom is -0.376 e. The minimum atomic E-state index is -2.88. The Balaban J connectivity index is 2.27. The summed E-state index contributed by atoms with van der Waals surface area (Å²) in [4.78, 5) is 0. The molecular weight excluding hydrogens is 207 g/mol. The Hall–Kier alpha value is 0.0700. The van der Waals surface area contributed by atoms with Gasteiger partial charge in [0.25, 0.3) is 0 Å². The van der Waals surface area contributed by atoms with Crippen molar-refractivity contribution >= 4 is 7.60 Å². The van der Waals surface area contributed by atoms with E-state index in [1.54, 1.807) is 0 Å². The molecule has 0 radical (unpaired) electrons. The van der Waals surface area contributed by atoms with Crippen molar-refractivity contribution in [2.24, 2.45) is 0 Å². The number of hydrogen-bond donors (Lipinski definition) is 0. The van der Waals surface area contributed by atoms with Crippen LogP contribution in [-0.2, 0) is 23.1 Å². The van der Waals surface area contributed by atoms with Crippen LogP contribution in [0, 0.1) is 0 Å². The lowest BCUT2D eigenvalue weighted by atomic mass is 10.3. The van der Waals surface area contributed by atoms with Gasteiger partial charge in [0.05, 0.1) is 32.1 Å². The van der Waals surface area contributed by atoms with Gasteiger partial charge in [-0.2, -0.15) is 0 Å². The molecule has 6 heteroatoms. The Bertz CT molecular complexity index is 194. The van der Waals surface area contributed by atoms with Gasteiger partial charge >= 0.3 is 7.60 Å². The number of hydrogen-bond acceptors (Lipinski definition) is 5. The quantitative estimate of drug-likeness (QED) is 0.658. The van der Waals surface area contributed by atoms with Crippen molar-refractivity contribution < 1.29 is 23.1 Å². The molecular formula is C8H17O5P. The van der Waals surface area contributed by atoms with Crippen molar-refractivity contribution in [1.82, 2.24) is 0 Å². The molecule has 0 saturated carbocycles. The standard InChI is InChI=1S/C8H17O5P/c1-10-14(9,11-2)6-3-8-7-12-4-5-13-8/h8H,3-7H2,1-2H3/t8-/m0/s1. The third kappa shape index (κ3) is 3.67. The van der Waals surface area contributed by atoms with Gasteiger partial charge < -0.3 is 18.5 Å². The molecule has 0 aromatic carbocycles. The highest BCUT2D eigenvalue weighted by atomic mass is 31.2. The molecule has 0 N–H and O–H groups in total. The Morgan fingerprint density at radius 3 is 2.57 bits per heavy atom. The molecule has 1 aliphatic rings. The largest absolute Gasteiger partial charge is 0.376 e. The molecule has 1 atom stereocenters. The molecule has 0 spiro atoms. The fourth-order valence-corrected chi connectivity index (χ4v) is 2.38. The van der Waals surface area contributed by atoms with Crippen LogP contribution in [0.25, 0.3) is 0 Å². The van der Waals surface area contributed by atoms with E-state index in [0.717, 1.165) is 0 Å². The first-order valence-corrected chi connectivity index (χ1v) is 6.33. The molecule has 0 aromatic rings. The molecule has 0 bridgehead atoms. The van der Waals surface area contributed by atoms with Gasteiger partial charge in [0.15, 0.2) is 0 Å². The molecule has 1 heterocycles. The average Bonchev–Trinajstić information content (AvgIpc) is 2.27. The summed E-state index contributed by atoms with van der Waals surface area (Å²) in [7, 11) is -0.101. The van der Waals surface area contributed by atoms with Gasteiger partial charge in [-0.3, -0.25) is 4.57 Å². The van der Waals surface area contributed by atoms with E-state index in [2.05, 4.69) is 0 Å². The van der Waals surface area contributed by atoms with E-state index in [1.807, 2.05) is 0 Å². The zero-order valence-corrected chi connectivity index (χ0v) is 9.50. The van der Waals surface area contributed by atoms with Crippen LogP contribution in [0.5, 0.6) is 0 Å². The van der Waals surface area contributed by atoms with E-state index < -0.39 is 7.60 Å². The summed E-state index contributed by atoms with van der Waals surface area (Å²) in [6.45, 7) is 1.81. The lowest BCUT2D eigenvalue weighted by molar-refractivity contribution is -0.0887. The second-order valence-corrected chi connectivity index (χ2v) is 5.46. The van der Waals surface area contributed by atoms with E-state index in [0.29, 0.717) is 32.4 Å². The van der Waals surface area contributed by atoms with Crippen molar-refractivity contribution in [1.29, 1.82) is 0 Å². The molecule has 0 unspecified atom stereocenters. The second-order valence-electron chi connectivity index (χ2n) is 3.06. The summed E-state index contributed by atoms with van der Waals surface area (Å²) in [6, 6.07) is 0. The fraction of sp³-hybridized carbons (Fsp3) is 1.00. The highest BCUT2D eigenvalue weighted by Crippen LogP contribution is 2.47. The van der Waals surface area contributed by atoms with E-state index in [4.69, 9.17) is 18.5 Å². The van der Waals surface area contributed by atoms with Gasteiger partial charge in [0, 0.05) is 14.2 Å². The van der Waals surface area contributed by atoms with Crippen LogP contribution in [0.2, 0.25) is 0 Å². The first kappa shape index (κ1) is 12.1. The van der Waals surface area contributed by atoms with Crippen molar-refractivity contribution in [3.05, 3.63) is 0 Å². The van der Waals surface area contributed by atoms with Gasteiger partial charge in [0.2, 0.25) is 0 Å². The normalized spacial score (nSPS) is 23.7. The van der Waals surface area contributed by atoms with E-state index >= 15 is 0 Å². The summed E-state index contributed by atoms with van der Waals surface area (Å²) >= 11 is 0. The van der Waals surface area contributed by atoms with Gasteiger partial charge in [-0.05, 0) is 6.42 Å². The SMILES string of the molecule is COP(=O)(CC[C@H]1COCCO1)OC. The maximum atomic E-state index is 11.7. The van der Waals surface area contributed by atoms with E-state index in [9.17, 15) is 4.57 Å². The van der Waals surface area contributed by atoms with Gasteiger partial charge in [0.1, 0.15) is 0 Å². The van der Waals surface area contributed by atoms with Crippen LogP contribution < -0.4 is 0 Å². The maximum absolute atomic E-state index is 11.7. The fourth-order valence-electron chi connectivity index (χ4n) is 1.26. The predicted octanol–water partition coefficient (Wildman–Crippen LogP) is 1.28. The Morgan fingerprint density at radius 1 is 1.36 bits per heavy atom. The zero-order valence-electron chi connectivity index (χ0n) is 8.60. The number of ether oxygens (including phenoxy) is 2. The molecule has 84 valence electrons. The second kappa shape index (κ2) is 5.83. The first-order valence-electron chi connectivity index (χ1n) is 4.60. The van der Waals surface area contributed by atoms with Crippen LogP contribution in [0.1, 0.15) is 6.42 Å². The van der Waals surface area contributed by atoms with Crippen LogP contribution in [0.3, 0.4) is 0 Å². The maximum Gasteiger partial charge on any atom is 0.330 e. The van der Waals surface area contributed by atoms with Crippen molar-refractivity contribution in [2.45, 2.75) is 12.5 Å². The Kier molecular flexibility index (Phi) is 5.06. The van der Waals surface area contributed by atoms with Gasteiger partial charge in [-0.15, -0.1) is 0 Å². The molecule has 0 aromatic heterocycles. The van der Waals surface area contributed by atoms with Crippen LogP contribution in [-0.4, -0.2) is 46.3 Å². The summed E-state index contributed by atoms with van der Waals surface area (Å²) in [5.41, 5.74) is 0. The Labute approximate surface area is 84.2 Å². The highest BCUT2D eigenvalue weighted by molar-refractivity contribution is 7.53. The van der Waals surface area contributed by atoms with E-state index in [1.165, 1.54) is 14.2 Å². The molecule has 1 aliphatic heterocycles. The summed E-state index contributed by atoms with van der Waals surface area (Å²) in [5.74, 6) is 0. The van der Waals surface area contributed by atoms with Crippen LogP contribution >= 0.6 is 7.60 Å². The monoisotopic (exact) mass is 224 g/mol. The highest BCUT2D eigenvalue weighted by Gasteiger charge is 2.24. The van der Waals surface area contributed by atoms with Gasteiger partial charge in [-0.25, -0.2) is 0 Å². The predicted molar refractivity (Wildman–Crippen MR) is 51.7 cm³/mol. The molecule has 1 rings (SSSR count). The first-order chi connectivity index (χ1) is 6.70. The van der Waals surface area contributed by atoms with Crippen molar-refractivity contribution in [3.63, 3.8) is 0 Å². The summed E-state index contributed by atoms with van der Waals surface area (Å²) < 4.78 is 31.9. The average molecular weight is 224 g/mol. The summed E-state index contributed by atoms with van der Waals surface area (Å²) in [6.07, 6.45) is 1.02. The molecule has 1 fully saturated rings. The molecule has 0 aliphatic carbocycles. The summed E-state index contributed by atoms with van der Waals surface area (Å²) in [5, 5.41) is 0. The molecule has 5 nitrogen and oxygen atoms in total. The molecule has 0 amide bonds. The molecule has 1 saturated heterocycles. The van der Waals surface area contributed by atoms with E-state index in [-0.39, 0.29) is 6.10 Å². The lowest BCUT2D eigenvalue weighted by Gasteiger charge is -2.24. The minimum absolute atomic E-state index is 0.0161. The third-order valence-electron chi connectivity index (χ3n) is 2.17. The van der Waals surface area contributed by atoms with Crippen molar-refractivity contribution in [3.8, 4) is 0 Å².